The first kappa shape index (κ1) is 16.4. The van der Waals surface area contributed by atoms with E-state index in [1.807, 2.05) is 0 Å². The van der Waals surface area contributed by atoms with Crippen molar-refractivity contribution in [3.05, 3.63) is 108 Å². The summed E-state index contributed by atoms with van der Waals surface area (Å²) in [6.45, 7) is 3.94. The zero-order valence-corrected chi connectivity index (χ0v) is 14.1. The molecule has 0 fully saturated rings. The predicted octanol–water partition coefficient (Wildman–Crippen LogP) is 4.95. The average Bonchev–Trinajstić information content (AvgIpc) is 2.64. The van der Waals surface area contributed by atoms with Gasteiger partial charge in [0.15, 0.2) is 0 Å². The van der Waals surface area contributed by atoms with E-state index in [1.165, 1.54) is 16.7 Å². The van der Waals surface area contributed by atoms with Gasteiger partial charge >= 0.3 is 0 Å². The van der Waals surface area contributed by atoms with Gasteiger partial charge in [-0.1, -0.05) is 91.0 Å². The summed E-state index contributed by atoms with van der Waals surface area (Å²) in [6.07, 6.45) is 0. The molecule has 0 aliphatic heterocycles. The van der Waals surface area contributed by atoms with Gasteiger partial charge in [-0.2, -0.15) is 0 Å². The van der Waals surface area contributed by atoms with Crippen LogP contribution in [0.2, 0.25) is 0 Å². The van der Waals surface area contributed by atoms with Crippen molar-refractivity contribution < 1.29 is 0 Å². The first-order chi connectivity index (χ1) is 11.8. The van der Waals surface area contributed by atoms with Crippen LogP contribution in [0.5, 0.6) is 0 Å². The van der Waals surface area contributed by atoms with Gasteiger partial charge in [-0.05, 0) is 23.6 Å². The van der Waals surface area contributed by atoms with E-state index in [4.69, 9.17) is 0 Å². The van der Waals surface area contributed by atoms with Crippen molar-refractivity contribution >= 4 is 0 Å². The Morgan fingerprint density at radius 1 is 0.667 bits per heavy atom. The Labute approximate surface area is 144 Å². The van der Waals surface area contributed by atoms with Gasteiger partial charge in [-0.25, -0.2) is 10.4 Å². The van der Waals surface area contributed by atoms with Gasteiger partial charge in [0.05, 0.1) is 0 Å². The third-order valence-electron chi connectivity index (χ3n) is 4.11. The predicted molar refractivity (Wildman–Crippen MR) is 100 cm³/mol. The number of hydrogen-bond donors (Lipinski definition) is 1. The van der Waals surface area contributed by atoms with E-state index in [0.29, 0.717) is 0 Å². The van der Waals surface area contributed by atoms with E-state index >= 15 is 0 Å². The largest absolute Gasteiger partial charge is 0.247 e. The second-order valence-corrected chi connectivity index (χ2v) is 6.09. The molecule has 0 amide bonds. The number of nitrogens with one attached hydrogen (secondary N) is 1. The molecule has 2 heteroatoms. The van der Waals surface area contributed by atoms with Crippen LogP contribution in [0.25, 0.3) is 0 Å². The lowest BCUT2D eigenvalue weighted by atomic mass is 10.1. The van der Waals surface area contributed by atoms with Crippen molar-refractivity contribution in [2.45, 2.75) is 26.1 Å². The molecule has 24 heavy (non-hydrogen) atoms. The molecule has 0 bridgehead atoms. The normalized spacial score (nSPS) is 12.2. The number of benzene rings is 3. The van der Waals surface area contributed by atoms with Gasteiger partial charge in [0.1, 0.15) is 0 Å². The highest BCUT2D eigenvalue weighted by molar-refractivity contribution is 5.19. The summed E-state index contributed by atoms with van der Waals surface area (Å²) < 4.78 is 0. The molecule has 0 aliphatic carbocycles. The second kappa shape index (κ2) is 8.44. The van der Waals surface area contributed by atoms with Crippen molar-refractivity contribution in [1.29, 1.82) is 0 Å². The fraction of sp³-hybridized carbons (Fsp3) is 0.182. The van der Waals surface area contributed by atoms with Crippen molar-refractivity contribution in [1.82, 2.24) is 10.4 Å². The smallest absolute Gasteiger partial charge is 0.0436 e. The summed E-state index contributed by atoms with van der Waals surface area (Å²) in [5, 5.41) is 2.29. The number of hydrogen-bond acceptors (Lipinski definition) is 2. The molecule has 3 rings (SSSR count). The van der Waals surface area contributed by atoms with Gasteiger partial charge in [0, 0.05) is 19.1 Å². The van der Waals surface area contributed by atoms with Crippen LogP contribution < -0.4 is 5.43 Å². The molecule has 2 nitrogen and oxygen atoms in total. The second-order valence-electron chi connectivity index (χ2n) is 6.09. The van der Waals surface area contributed by atoms with E-state index in [2.05, 4.69) is 108 Å². The molecule has 0 radical (unpaired) electrons. The maximum Gasteiger partial charge on any atom is 0.0436 e. The van der Waals surface area contributed by atoms with Crippen LogP contribution in [0, 0.1) is 0 Å². The lowest BCUT2D eigenvalue weighted by Crippen LogP contribution is -2.38. The van der Waals surface area contributed by atoms with E-state index in [9.17, 15) is 0 Å². The monoisotopic (exact) mass is 316 g/mol. The molecule has 3 aromatic carbocycles. The Kier molecular flexibility index (Phi) is 5.78. The molecule has 122 valence electrons. The minimum absolute atomic E-state index is 0.263. The standard InChI is InChI=1S/C22H24N2/c1-19(22-15-9-4-10-16-22)23-24(17-20-11-5-2-6-12-20)18-21-13-7-3-8-14-21/h2-16,19,23H,17-18H2,1H3. The van der Waals surface area contributed by atoms with Gasteiger partial charge in [0.25, 0.3) is 0 Å². The van der Waals surface area contributed by atoms with E-state index in [1.54, 1.807) is 0 Å². The van der Waals surface area contributed by atoms with Crippen LogP contribution >= 0.6 is 0 Å². The molecular weight excluding hydrogens is 292 g/mol. The molecule has 0 heterocycles. The highest BCUT2D eigenvalue weighted by Crippen LogP contribution is 2.15. The first-order valence-electron chi connectivity index (χ1n) is 8.45. The third-order valence-corrected chi connectivity index (χ3v) is 4.11. The Hall–Kier alpha value is -2.42. The summed E-state index contributed by atoms with van der Waals surface area (Å²) in [7, 11) is 0. The molecule has 1 N–H and O–H groups in total. The number of hydrazine groups is 1. The summed E-state index contributed by atoms with van der Waals surface area (Å²) in [5.41, 5.74) is 7.57. The fourth-order valence-corrected chi connectivity index (χ4v) is 2.84. The molecule has 0 saturated heterocycles. The van der Waals surface area contributed by atoms with E-state index in [0.717, 1.165) is 13.1 Å². The van der Waals surface area contributed by atoms with Crippen molar-refractivity contribution in [3.63, 3.8) is 0 Å². The zero-order valence-electron chi connectivity index (χ0n) is 14.1. The summed E-state index contributed by atoms with van der Waals surface area (Å²) >= 11 is 0. The Bertz CT molecular complexity index is 669. The highest BCUT2D eigenvalue weighted by atomic mass is 15.5. The molecule has 0 aliphatic rings. The molecule has 0 aromatic heterocycles. The molecule has 0 saturated carbocycles. The lowest BCUT2D eigenvalue weighted by Gasteiger charge is -2.28. The summed E-state index contributed by atoms with van der Waals surface area (Å²) in [4.78, 5) is 0. The van der Waals surface area contributed by atoms with Gasteiger partial charge in [0.2, 0.25) is 0 Å². The molecule has 1 atom stereocenters. The molecule has 0 spiro atoms. The summed E-state index contributed by atoms with van der Waals surface area (Å²) in [6, 6.07) is 32.0. The van der Waals surface area contributed by atoms with Gasteiger partial charge < -0.3 is 0 Å². The van der Waals surface area contributed by atoms with Crippen molar-refractivity contribution in [2.75, 3.05) is 0 Å². The van der Waals surface area contributed by atoms with Crippen LogP contribution in [0.1, 0.15) is 29.7 Å². The molecule has 3 aromatic rings. The van der Waals surface area contributed by atoms with Crippen LogP contribution in [0.15, 0.2) is 91.0 Å². The van der Waals surface area contributed by atoms with Gasteiger partial charge in [-0.15, -0.1) is 0 Å². The minimum Gasteiger partial charge on any atom is -0.247 e. The van der Waals surface area contributed by atoms with E-state index in [-0.39, 0.29) is 6.04 Å². The Morgan fingerprint density at radius 2 is 1.08 bits per heavy atom. The average molecular weight is 316 g/mol. The Morgan fingerprint density at radius 3 is 1.54 bits per heavy atom. The topological polar surface area (TPSA) is 15.3 Å². The maximum atomic E-state index is 3.66. The first-order valence-corrected chi connectivity index (χ1v) is 8.45. The lowest BCUT2D eigenvalue weighted by molar-refractivity contribution is 0.144. The van der Waals surface area contributed by atoms with Crippen LogP contribution in [0.3, 0.4) is 0 Å². The fourth-order valence-electron chi connectivity index (χ4n) is 2.84. The highest BCUT2D eigenvalue weighted by Gasteiger charge is 2.12. The van der Waals surface area contributed by atoms with Crippen LogP contribution in [-0.4, -0.2) is 5.01 Å². The maximum absolute atomic E-state index is 3.66. The molecular formula is C22H24N2. The van der Waals surface area contributed by atoms with Crippen molar-refractivity contribution in [3.8, 4) is 0 Å². The quantitative estimate of drug-likeness (QED) is 0.620. The third kappa shape index (κ3) is 4.79. The van der Waals surface area contributed by atoms with Crippen LogP contribution in [-0.2, 0) is 13.1 Å². The van der Waals surface area contributed by atoms with Crippen molar-refractivity contribution in [2.24, 2.45) is 0 Å². The SMILES string of the molecule is CC(NN(Cc1ccccc1)Cc1ccccc1)c1ccccc1. The number of rotatable bonds is 7. The molecule has 1 unspecified atom stereocenters. The van der Waals surface area contributed by atoms with E-state index < -0.39 is 0 Å². The summed E-state index contributed by atoms with van der Waals surface area (Å²) in [5.74, 6) is 0. The van der Waals surface area contributed by atoms with Crippen LogP contribution in [0.4, 0.5) is 0 Å². The zero-order chi connectivity index (χ0) is 16.6. The number of nitrogens with zero attached hydrogens (tertiary/aromatic N) is 1. The van der Waals surface area contributed by atoms with Gasteiger partial charge in [-0.3, -0.25) is 0 Å². The Balaban J connectivity index is 1.73. The minimum atomic E-state index is 0.263.